The van der Waals surface area contributed by atoms with Crippen LogP contribution in [-0.4, -0.2) is 24.6 Å². The molecule has 5 heteroatoms. The van der Waals surface area contributed by atoms with Crippen LogP contribution in [0.5, 0.6) is 5.75 Å². The first kappa shape index (κ1) is 17.0. The molecule has 20 heavy (non-hydrogen) atoms. The van der Waals surface area contributed by atoms with Crippen LogP contribution in [-0.2, 0) is 4.79 Å². The molecule has 2 unspecified atom stereocenters. The second-order valence-electron chi connectivity index (χ2n) is 4.80. The number of ether oxygens (including phenoxy) is 1. The van der Waals surface area contributed by atoms with Crippen LogP contribution in [0.25, 0.3) is 0 Å². The van der Waals surface area contributed by atoms with Crippen LogP contribution in [0.1, 0.15) is 33.1 Å². The zero-order valence-electron chi connectivity index (χ0n) is 12.1. The van der Waals surface area contributed by atoms with Gasteiger partial charge in [0.15, 0.2) is 6.10 Å². The summed E-state index contributed by atoms with van der Waals surface area (Å²) in [6.07, 6.45) is 2.52. The van der Waals surface area contributed by atoms with Gasteiger partial charge in [0.05, 0.1) is 0 Å². The lowest BCUT2D eigenvalue weighted by Gasteiger charge is -2.20. The molecule has 2 atom stereocenters. The van der Waals surface area contributed by atoms with Crippen molar-refractivity contribution in [2.45, 2.75) is 45.3 Å². The average molecular weight is 343 g/mol. The Hall–Kier alpha value is -1.07. The van der Waals surface area contributed by atoms with Gasteiger partial charge in [-0.15, -0.1) is 0 Å². The number of unbranched alkanes of at least 4 members (excludes halogenated alkanes) is 1. The van der Waals surface area contributed by atoms with E-state index in [0.29, 0.717) is 12.3 Å². The Morgan fingerprint density at radius 1 is 1.50 bits per heavy atom. The van der Waals surface area contributed by atoms with Crippen molar-refractivity contribution in [1.29, 1.82) is 0 Å². The van der Waals surface area contributed by atoms with Gasteiger partial charge in [-0.2, -0.15) is 0 Å². The predicted octanol–water partition coefficient (Wildman–Crippen LogP) is 2.85. The quantitative estimate of drug-likeness (QED) is 0.763. The van der Waals surface area contributed by atoms with Gasteiger partial charge in [-0.1, -0.05) is 41.8 Å². The third-order valence-corrected chi connectivity index (χ3v) is 3.51. The zero-order chi connectivity index (χ0) is 15.0. The van der Waals surface area contributed by atoms with Gasteiger partial charge < -0.3 is 15.8 Å². The summed E-state index contributed by atoms with van der Waals surface area (Å²) in [7, 11) is 0. The van der Waals surface area contributed by atoms with Gasteiger partial charge in [-0.3, -0.25) is 4.79 Å². The molecule has 0 spiro atoms. The Labute approximate surface area is 129 Å². The van der Waals surface area contributed by atoms with Crippen molar-refractivity contribution >= 4 is 21.8 Å². The van der Waals surface area contributed by atoms with E-state index in [-0.39, 0.29) is 11.9 Å². The Morgan fingerprint density at radius 2 is 2.25 bits per heavy atom. The number of nitrogens with two attached hydrogens (primary N) is 1. The van der Waals surface area contributed by atoms with Crippen molar-refractivity contribution in [3.8, 4) is 5.75 Å². The van der Waals surface area contributed by atoms with Crippen LogP contribution in [0, 0.1) is 0 Å². The summed E-state index contributed by atoms with van der Waals surface area (Å²) in [5.41, 5.74) is 5.67. The van der Waals surface area contributed by atoms with Crippen LogP contribution in [0.3, 0.4) is 0 Å². The molecule has 0 aliphatic heterocycles. The largest absolute Gasteiger partial charge is 0.481 e. The third kappa shape index (κ3) is 5.92. The molecule has 0 aliphatic carbocycles. The number of nitrogens with one attached hydrogen (secondary N) is 1. The molecular formula is C15H23BrN2O2. The molecule has 112 valence electrons. The standard InChI is InChI=1S/C15H23BrN2O2/c1-3-4-7-13(10-17)18-15(19)11(2)20-14-8-5-6-12(16)9-14/h5-6,8-9,11,13H,3-4,7,10,17H2,1-2H3,(H,18,19). The van der Waals surface area contributed by atoms with Crippen LogP contribution in [0.2, 0.25) is 0 Å². The predicted molar refractivity (Wildman–Crippen MR) is 84.7 cm³/mol. The molecule has 0 saturated heterocycles. The first-order chi connectivity index (χ1) is 9.56. The highest BCUT2D eigenvalue weighted by Gasteiger charge is 2.18. The average Bonchev–Trinajstić information content (AvgIpc) is 2.43. The monoisotopic (exact) mass is 342 g/mol. The highest BCUT2D eigenvalue weighted by molar-refractivity contribution is 9.10. The van der Waals surface area contributed by atoms with Gasteiger partial charge in [0.25, 0.3) is 5.91 Å². The van der Waals surface area contributed by atoms with Crippen molar-refractivity contribution in [3.05, 3.63) is 28.7 Å². The minimum atomic E-state index is -0.542. The summed E-state index contributed by atoms with van der Waals surface area (Å²) in [6.45, 7) is 4.31. The summed E-state index contributed by atoms with van der Waals surface area (Å²) in [5, 5.41) is 2.94. The Bertz CT molecular complexity index is 426. The lowest BCUT2D eigenvalue weighted by Crippen LogP contribution is -2.45. The lowest BCUT2D eigenvalue weighted by molar-refractivity contribution is -0.128. The molecule has 1 aromatic carbocycles. The number of hydrogen-bond acceptors (Lipinski definition) is 3. The van der Waals surface area contributed by atoms with Crippen molar-refractivity contribution in [2.75, 3.05) is 6.54 Å². The molecule has 1 aromatic rings. The van der Waals surface area contributed by atoms with E-state index in [4.69, 9.17) is 10.5 Å². The summed E-state index contributed by atoms with van der Waals surface area (Å²) >= 11 is 3.37. The summed E-state index contributed by atoms with van der Waals surface area (Å²) < 4.78 is 6.55. The summed E-state index contributed by atoms with van der Waals surface area (Å²) in [4.78, 5) is 12.1. The lowest BCUT2D eigenvalue weighted by atomic mass is 10.1. The maximum atomic E-state index is 12.1. The van der Waals surface area contributed by atoms with Gasteiger partial charge in [-0.05, 0) is 31.5 Å². The number of hydrogen-bond donors (Lipinski definition) is 2. The van der Waals surface area contributed by atoms with E-state index in [2.05, 4.69) is 28.2 Å². The van der Waals surface area contributed by atoms with Gasteiger partial charge in [-0.25, -0.2) is 0 Å². The zero-order valence-corrected chi connectivity index (χ0v) is 13.7. The number of carbonyl (C=O) groups excluding carboxylic acids is 1. The van der Waals surface area contributed by atoms with E-state index in [9.17, 15) is 4.79 Å². The molecule has 4 nitrogen and oxygen atoms in total. The van der Waals surface area contributed by atoms with Crippen molar-refractivity contribution in [1.82, 2.24) is 5.32 Å². The minimum Gasteiger partial charge on any atom is -0.481 e. The second-order valence-corrected chi connectivity index (χ2v) is 5.72. The highest BCUT2D eigenvalue weighted by atomic mass is 79.9. The Morgan fingerprint density at radius 3 is 2.85 bits per heavy atom. The maximum Gasteiger partial charge on any atom is 0.261 e. The van der Waals surface area contributed by atoms with E-state index in [1.165, 1.54) is 0 Å². The molecular weight excluding hydrogens is 320 g/mol. The van der Waals surface area contributed by atoms with Crippen LogP contribution < -0.4 is 15.8 Å². The number of amides is 1. The molecule has 0 saturated carbocycles. The molecule has 0 heterocycles. The fourth-order valence-corrected chi connectivity index (χ4v) is 2.19. The third-order valence-electron chi connectivity index (χ3n) is 3.02. The smallest absolute Gasteiger partial charge is 0.261 e. The normalized spacial score (nSPS) is 13.6. The SMILES string of the molecule is CCCCC(CN)NC(=O)C(C)Oc1cccc(Br)c1. The van der Waals surface area contributed by atoms with E-state index in [0.717, 1.165) is 23.7 Å². The fraction of sp³-hybridized carbons (Fsp3) is 0.533. The van der Waals surface area contributed by atoms with Gasteiger partial charge in [0.1, 0.15) is 5.75 Å². The number of halogens is 1. The van der Waals surface area contributed by atoms with Crippen LogP contribution in [0.15, 0.2) is 28.7 Å². The Kier molecular flexibility index (Phi) is 7.62. The van der Waals surface area contributed by atoms with Crippen molar-refractivity contribution < 1.29 is 9.53 Å². The van der Waals surface area contributed by atoms with E-state index < -0.39 is 6.10 Å². The first-order valence-corrected chi connectivity index (χ1v) is 7.78. The molecule has 3 N–H and O–H groups in total. The first-order valence-electron chi connectivity index (χ1n) is 6.99. The minimum absolute atomic E-state index is 0.0241. The Balaban J connectivity index is 2.49. The van der Waals surface area contributed by atoms with E-state index in [1.807, 2.05) is 24.3 Å². The molecule has 0 aromatic heterocycles. The van der Waals surface area contributed by atoms with Gasteiger partial charge in [0.2, 0.25) is 0 Å². The second kappa shape index (κ2) is 8.97. The topological polar surface area (TPSA) is 64.3 Å². The number of benzene rings is 1. The van der Waals surface area contributed by atoms with Crippen molar-refractivity contribution in [3.63, 3.8) is 0 Å². The molecule has 0 bridgehead atoms. The molecule has 1 rings (SSSR count). The van der Waals surface area contributed by atoms with Gasteiger partial charge >= 0.3 is 0 Å². The van der Waals surface area contributed by atoms with Crippen LogP contribution >= 0.6 is 15.9 Å². The van der Waals surface area contributed by atoms with Gasteiger partial charge in [0, 0.05) is 17.1 Å². The number of rotatable bonds is 8. The van der Waals surface area contributed by atoms with Crippen LogP contribution in [0.4, 0.5) is 0 Å². The fourth-order valence-electron chi connectivity index (χ4n) is 1.82. The maximum absolute atomic E-state index is 12.1. The van der Waals surface area contributed by atoms with Crippen molar-refractivity contribution in [2.24, 2.45) is 5.73 Å². The summed E-state index contributed by atoms with van der Waals surface area (Å²) in [6, 6.07) is 7.46. The van der Waals surface area contributed by atoms with E-state index in [1.54, 1.807) is 6.92 Å². The molecule has 0 fully saturated rings. The molecule has 0 aliphatic rings. The van der Waals surface area contributed by atoms with E-state index >= 15 is 0 Å². The number of carbonyl (C=O) groups is 1. The summed E-state index contributed by atoms with van der Waals surface area (Å²) in [5.74, 6) is 0.538. The highest BCUT2D eigenvalue weighted by Crippen LogP contribution is 2.18. The molecule has 1 amide bonds. The molecule has 0 radical (unpaired) electrons.